The lowest BCUT2D eigenvalue weighted by Crippen LogP contribution is -2.43. The SMILES string of the molecule is CCCCCCCCCCCCCCCC(=O)N(CCC)CC(O)N(C)C. The molecule has 27 heavy (non-hydrogen) atoms. The second-order valence-electron chi connectivity index (χ2n) is 8.28. The van der Waals surface area contributed by atoms with Crippen LogP contribution in [0.2, 0.25) is 0 Å². The second-order valence-corrected chi connectivity index (χ2v) is 8.28. The first-order valence-corrected chi connectivity index (χ1v) is 11.6. The third kappa shape index (κ3) is 16.1. The number of carbonyl (C=O) groups is 1. The van der Waals surface area contributed by atoms with Crippen molar-refractivity contribution < 1.29 is 9.90 Å². The molecule has 162 valence electrons. The lowest BCUT2D eigenvalue weighted by Gasteiger charge is -2.28. The fraction of sp³-hybridized carbons (Fsp3) is 0.957. The van der Waals surface area contributed by atoms with E-state index in [4.69, 9.17) is 0 Å². The van der Waals surface area contributed by atoms with Crippen molar-refractivity contribution in [1.82, 2.24) is 9.80 Å². The Labute approximate surface area is 169 Å². The summed E-state index contributed by atoms with van der Waals surface area (Å²) in [4.78, 5) is 16.0. The number of hydrogen-bond donors (Lipinski definition) is 1. The summed E-state index contributed by atoms with van der Waals surface area (Å²) in [5.41, 5.74) is 0. The zero-order chi connectivity index (χ0) is 20.3. The van der Waals surface area contributed by atoms with E-state index in [1.165, 1.54) is 70.6 Å². The maximum Gasteiger partial charge on any atom is 0.222 e. The third-order valence-electron chi connectivity index (χ3n) is 5.32. The summed E-state index contributed by atoms with van der Waals surface area (Å²) < 4.78 is 0. The Kier molecular flexibility index (Phi) is 18.3. The van der Waals surface area contributed by atoms with Gasteiger partial charge in [-0.15, -0.1) is 0 Å². The highest BCUT2D eigenvalue weighted by Crippen LogP contribution is 2.13. The van der Waals surface area contributed by atoms with Crippen molar-refractivity contribution in [3.05, 3.63) is 0 Å². The molecule has 4 nitrogen and oxygen atoms in total. The highest BCUT2D eigenvalue weighted by atomic mass is 16.3. The first-order chi connectivity index (χ1) is 13.0. The van der Waals surface area contributed by atoms with Crippen LogP contribution in [0.15, 0.2) is 0 Å². The molecule has 0 radical (unpaired) electrons. The van der Waals surface area contributed by atoms with Gasteiger partial charge in [0, 0.05) is 13.0 Å². The Morgan fingerprint density at radius 2 is 1.19 bits per heavy atom. The Hall–Kier alpha value is -0.610. The zero-order valence-corrected chi connectivity index (χ0v) is 18.8. The third-order valence-corrected chi connectivity index (χ3v) is 5.32. The van der Waals surface area contributed by atoms with Crippen molar-refractivity contribution in [2.45, 2.75) is 116 Å². The van der Waals surface area contributed by atoms with Crippen LogP contribution in [0.5, 0.6) is 0 Å². The van der Waals surface area contributed by atoms with Gasteiger partial charge in [0.25, 0.3) is 0 Å². The maximum atomic E-state index is 12.4. The summed E-state index contributed by atoms with van der Waals surface area (Å²) in [5, 5.41) is 9.99. The minimum absolute atomic E-state index is 0.195. The minimum Gasteiger partial charge on any atom is -0.377 e. The molecule has 0 rings (SSSR count). The number of amides is 1. The first kappa shape index (κ1) is 26.4. The number of aliphatic hydroxyl groups is 1. The molecule has 1 atom stereocenters. The number of nitrogens with zero attached hydrogens (tertiary/aromatic N) is 2. The molecule has 0 aromatic carbocycles. The summed E-state index contributed by atoms with van der Waals surface area (Å²) >= 11 is 0. The van der Waals surface area contributed by atoms with E-state index in [9.17, 15) is 9.90 Å². The van der Waals surface area contributed by atoms with Crippen molar-refractivity contribution in [1.29, 1.82) is 0 Å². The van der Waals surface area contributed by atoms with Gasteiger partial charge in [-0.1, -0.05) is 90.9 Å². The van der Waals surface area contributed by atoms with Crippen LogP contribution in [-0.2, 0) is 4.79 Å². The molecule has 0 fully saturated rings. The normalized spacial score (nSPS) is 12.5. The van der Waals surface area contributed by atoms with Crippen LogP contribution in [0, 0.1) is 0 Å². The predicted molar refractivity (Wildman–Crippen MR) is 117 cm³/mol. The smallest absolute Gasteiger partial charge is 0.222 e. The van der Waals surface area contributed by atoms with Crippen LogP contribution in [0.25, 0.3) is 0 Å². The van der Waals surface area contributed by atoms with E-state index in [1.807, 2.05) is 19.0 Å². The van der Waals surface area contributed by atoms with E-state index in [0.29, 0.717) is 13.0 Å². The van der Waals surface area contributed by atoms with Gasteiger partial charge < -0.3 is 10.0 Å². The van der Waals surface area contributed by atoms with E-state index in [2.05, 4.69) is 13.8 Å². The van der Waals surface area contributed by atoms with Gasteiger partial charge >= 0.3 is 0 Å². The summed E-state index contributed by atoms with van der Waals surface area (Å²) in [6, 6.07) is 0. The van der Waals surface area contributed by atoms with Crippen LogP contribution < -0.4 is 0 Å². The van der Waals surface area contributed by atoms with Gasteiger partial charge in [-0.2, -0.15) is 0 Å². The standard InChI is InChI=1S/C23H48N2O2/c1-5-7-8-9-10-11-12-13-14-15-16-17-18-19-22(26)25(20-6-2)21-23(27)24(3)4/h23,27H,5-21H2,1-4H3. The maximum absolute atomic E-state index is 12.4. The van der Waals surface area contributed by atoms with Gasteiger partial charge in [-0.25, -0.2) is 0 Å². The molecule has 0 aliphatic carbocycles. The van der Waals surface area contributed by atoms with Gasteiger partial charge in [0.1, 0.15) is 6.23 Å². The van der Waals surface area contributed by atoms with Gasteiger partial charge in [0.15, 0.2) is 0 Å². The minimum atomic E-state index is -0.577. The molecule has 1 unspecified atom stereocenters. The average Bonchev–Trinajstić information content (AvgIpc) is 2.64. The Bertz CT molecular complexity index is 334. The number of carbonyl (C=O) groups excluding carboxylic acids is 1. The fourth-order valence-corrected chi connectivity index (χ4v) is 3.40. The van der Waals surface area contributed by atoms with Crippen LogP contribution >= 0.6 is 0 Å². The highest BCUT2D eigenvalue weighted by molar-refractivity contribution is 5.76. The molecule has 0 bridgehead atoms. The highest BCUT2D eigenvalue weighted by Gasteiger charge is 2.17. The summed E-state index contributed by atoms with van der Waals surface area (Å²) in [6.45, 7) is 5.50. The Morgan fingerprint density at radius 3 is 1.59 bits per heavy atom. The van der Waals surface area contributed by atoms with Crippen LogP contribution in [0.3, 0.4) is 0 Å². The number of likely N-dealkylation sites (N-methyl/N-ethyl adjacent to an activating group) is 1. The second kappa shape index (κ2) is 18.7. The lowest BCUT2D eigenvalue weighted by molar-refractivity contribution is -0.134. The zero-order valence-electron chi connectivity index (χ0n) is 18.8. The Morgan fingerprint density at radius 1 is 0.741 bits per heavy atom. The molecule has 0 aliphatic rings. The molecular formula is C23H48N2O2. The fourth-order valence-electron chi connectivity index (χ4n) is 3.40. The molecule has 4 heteroatoms. The number of unbranched alkanes of at least 4 members (excludes halogenated alkanes) is 12. The van der Waals surface area contributed by atoms with Crippen molar-refractivity contribution in [2.24, 2.45) is 0 Å². The first-order valence-electron chi connectivity index (χ1n) is 11.6. The van der Waals surface area contributed by atoms with Crippen molar-refractivity contribution in [3.8, 4) is 0 Å². The summed E-state index contributed by atoms with van der Waals surface area (Å²) in [6.07, 6.45) is 18.2. The van der Waals surface area contributed by atoms with Crippen LogP contribution in [0.1, 0.15) is 110 Å². The molecule has 1 N–H and O–H groups in total. The van der Waals surface area contributed by atoms with Crippen LogP contribution in [-0.4, -0.2) is 54.2 Å². The quantitative estimate of drug-likeness (QED) is 0.233. The average molecular weight is 385 g/mol. The molecule has 0 saturated heterocycles. The predicted octanol–water partition coefficient (Wildman–Crippen LogP) is 5.59. The molecule has 0 heterocycles. The van der Waals surface area contributed by atoms with Gasteiger partial charge in [-0.3, -0.25) is 9.69 Å². The van der Waals surface area contributed by atoms with Gasteiger partial charge in [0.2, 0.25) is 5.91 Å². The largest absolute Gasteiger partial charge is 0.377 e. The number of rotatable bonds is 19. The molecule has 0 aromatic rings. The van der Waals surface area contributed by atoms with E-state index in [0.717, 1.165) is 25.8 Å². The van der Waals surface area contributed by atoms with Crippen molar-refractivity contribution in [2.75, 3.05) is 27.2 Å². The number of aliphatic hydroxyl groups excluding tert-OH is 1. The Balaban J connectivity index is 3.60. The topological polar surface area (TPSA) is 43.8 Å². The molecule has 0 spiro atoms. The number of hydrogen-bond acceptors (Lipinski definition) is 3. The van der Waals surface area contributed by atoms with E-state index < -0.39 is 6.23 Å². The van der Waals surface area contributed by atoms with Gasteiger partial charge in [0.05, 0.1) is 6.54 Å². The molecule has 0 saturated carbocycles. The van der Waals surface area contributed by atoms with Crippen LogP contribution in [0.4, 0.5) is 0 Å². The molecule has 0 aromatic heterocycles. The molecule has 1 amide bonds. The summed E-state index contributed by atoms with van der Waals surface area (Å²) in [5.74, 6) is 0.195. The van der Waals surface area contributed by atoms with Crippen molar-refractivity contribution in [3.63, 3.8) is 0 Å². The van der Waals surface area contributed by atoms with E-state index >= 15 is 0 Å². The van der Waals surface area contributed by atoms with Gasteiger partial charge in [-0.05, 0) is 26.9 Å². The lowest BCUT2D eigenvalue weighted by atomic mass is 10.0. The van der Waals surface area contributed by atoms with E-state index in [-0.39, 0.29) is 5.91 Å². The van der Waals surface area contributed by atoms with E-state index in [1.54, 1.807) is 4.90 Å². The monoisotopic (exact) mass is 384 g/mol. The summed E-state index contributed by atoms with van der Waals surface area (Å²) in [7, 11) is 3.68. The van der Waals surface area contributed by atoms with Crippen molar-refractivity contribution >= 4 is 5.91 Å². The molecule has 0 aliphatic heterocycles. The molecular weight excluding hydrogens is 336 g/mol.